The van der Waals surface area contributed by atoms with Crippen molar-refractivity contribution < 1.29 is 9.53 Å². The Morgan fingerprint density at radius 1 is 1.09 bits per heavy atom. The third-order valence-electron chi connectivity index (χ3n) is 5.30. The SMILES string of the molecule is COc1ccccc1C1C(C(=O)Nc2ccccc2)=C(C)Nc2nc(-c3cccs3)nn21. The van der Waals surface area contributed by atoms with E-state index in [0.29, 0.717) is 28.8 Å². The highest BCUT2D eigenvalue weighted by molar-refractivity contribution is 7.13. The first-order valence-electron chi connectivity index (χ1n) is 10.1. The maximum absolute atomic E-state index is 13.5. The van der Waals surface area contributed by atoms with Gasteiger partial charge in [-0.15, -0.1) is 16.4 Å². The van der Waals surface area contributed by atoms with E-state index in [2.05, 4.69) is 10.6 Å². The molecule has 7 nitrogen and oxygen atoms in total. The Kier molecular flexibility index (Phi) is 5.20. The van der Waals surface area contributed by atoms with E-state index >= 15 is 0 Å². The number of carbonyl (C=O) groups excluding carboxylic acids is 1. The zero-order valence-corrected chi connectivity index (χ0v) is 18.4. The molecule has 2 aromatic carbocycles. The summed E-state index contributed by atoms with van der Waals surface area (Å²) in [6, 6.07) is 20.5. The summed E-state index contributed by atoms with van der Waals surface area (Å²) in [5.74, 6) is 1.66. The molecule has 0 fully saturated rings. The third kappa shape index (κ3) is 3.54. The smallest absolute Gasteiger partial charge is 0.255 e. The van der Waals surface area contributed by atoms with Crippen LogP contribution in [0.5, 0.6) is 5.75 Å². The first kappa shape index (κ1) is 20.0. The predicted octanol–water partition coefficient (Wildman–Crippen LogP) is 4.94. The molecule has 2 aromatic heterocycles. The number of methoxy groups -OCH3 is 1. The molecular formula is C24H21N5O2S. The maximum Gasteiger partial charge on any atom is 0.255 e. The molecule has 1 amide bonds. The van der Waals surface area contributed by atoms with Gasteiger partial charge in [0.1, 0.15) is 11.8 Å². The maximum atomic E-state index is 13.5. The lowest BCUT2D eigenvalue weighted by Gasteiger charge is -2.29. The number of rotatable bonds is 5. The van der Waals surface area contributed by atoms with Crippen LogP contribution in [0.2, 0.25) is 0 Å². The molecular weight excluding hydrogens is 422 g/mol. The number of benzene rings is 2. The van der Waals surface area contributed by atoms with Gasteiger partial charge in [-0.05, 0) is 36.6 Å². The van der Waals surface area contributed by atoms with Gasteiger partial charge in [-0.3, -0.25) is 4.79 Å². The van der Waals surface area contributed by atoms with E-state index in [1.54, 1.807) is 23.1 Å². The van der Waals surface area contributed by atoms with Gasteiger partial charge in [0.15, 0.2) is 5.82 Å². The number of nitrogens with zero attached hydrogens (tertiary/aromatic N) is 3. The Hall–Kier alpha value is -3.91. The first-order chi connectivity index (χ1) is 15.7. The van der Waals surface area contributed by atoms with Crippen LogP contribution in [0, 0.1) is 0 Å². The van der Waals surface area contributed by atoms with Crippen molar-refractivity contribution >= 4 is 28.9 Å². The molecule has 0 spiro atoms. The summed E-state index contributed by atoms with van der Waals surface area (Å²) in [5, 5.41) is 13.0. The van der Waals surface area contributed by atoms with E-state index in [0.717, 1.165) is 16.1 Å². The van der Waals surface area contributed by atoms with Crippen LogP contribution < -0.4 is 15.4 Å². The fourth-order valence-corrected chi connectivity index (χ4v) is 4.51. The van der Waals surface area contributed by atoms with Crippen molar-refractivity contribution in [2.75, 3.05) is 17.7 Å². The fourth-order valence-electron chi connectivity index (χ4n) is 3.86. The highest BCUT2D eigenvalue weighted by Crippen LogP contribution is 2.40. The number of allylic oxidation sites excluding steroid dienone is 1. The summed E-state index contributed by atoms with van der Waals surface area (Å²) in [6.07, 6.45) is 0. The van der Waals surface area contributed by atoms with Crippen molar-refractivity contribution in [3.05, 3.63) is 88.9 Å². The lowest BCUT2D eigenvalue weighted by atomic mass is 9.94. The lowest BCUT2D eigenvalue weighted by molar-refractivity contribution is -0.113. The number of carbonyl (C=O) groups is 1. The number of nitrogens with one attached hydrogen (secondary N) is 2. The van der Waals surface area contributed by atoms with Crippen LogP contribution in [0.15, 0.2) is 83.4 Å². The third-order valence-corrected chi connectivity index (χ3v) is 6.17. The van der Waals surface area contributed by atoms with Gasteiger partial charge in [0.25, 0.3) is 5.91 Å². The van der Waals surface area contributed by atoms with Gasteiger partial charge in [-0.1, -0.05) is 42.5 Å². The van der Waals surface area contributed by atoms with Crippen LogP contribution >= 0.6 is 11.3 Å². The molecule has 5 rings (SSSR count). The molecule has 1 aliphatic heterocycles. The molecule has 1 unspecified atom stereocenters. The van der Waals surface area contributed by atoms with Crippen molar-refractivity contribution in [1.29, 1.82) is 0 Å². The molecule has 0 bridgehead atoms. The molecule has 0 aliphatic carbocycles. The number of fused-ring (bicyclic) bond motifs is 1. The molecule has 32 heavy (non-hydrogen) atoms. The summed E-state index contributed by atoms with van der Waals surface area (Å²) < 4.78 is 7.40. The highest BCUT2D eigenvalue weighted by Gasteiger charge is 2.36. The standard InChI is InChI=1S/C24H21N5O2S/c1-15-20(23(30)26-16-9-4-3-5-10-16)21(17-11-6-7-12-18(17)31-2)29-24(25-15)27-22(28-29)19-13-8-14-32-19/h3-14,21H,1-2H3,(H,26,30)(H,25,27,28). The zero-order chi connectivity index (χ0) is 22.1. The van der Waals surface area contributed by atoms with Crippen molar-refractivity contribution in [2.24, 2.45) is 0 Å². The van der Waals surface area contributed by atoms with E-state index in [1.165, 1.54) is 0 Å². The van der Waals surface area contributed by atoms with Crippen molar-refractivity contribution in [2.45, 2.75) is 13.0 Å². The van der Waals surface area contributed by atoms with Crippen LogP contribution in [-0.2, 0) is 4.79 Å². The quantitative estimate of drug-likeness (QED) is 0.457. The second kappa shape index (κ2) is 8.32. The Balaban J connectivity index is 1.64. The van der Waals surface area contributed by atoms with E-state index in [4.69, 9.17) is 14.8 Å². The normalized spacial score (nSPS) is 15.1. The average molecular weight is 444 g/mol. The predicted molar refractivity (Wildman–Crippen MR) is 126 cm³/mol. The average Bonchev–Trinajstić information content (AvgIpc) is 3.48. The second-order valence-electron chi connectivity index (χ2n) is 7.31. The summed E-state index contributed by atoms with van der Waals surface area (Å²) in [7, 11) is 1.62. The summed E-state index contributed by atoms with van der Waals surface area (Å²) in [6.45, 7) is 1.88. The zero-order valence-electron chi connectivity index (χ0n) is 17.6. The van der Waals surface area contributed by atoms with E-state index in [1.807, 2.05) is 79.0 Å². The molecule has 0 radical (unpaired) electrons. The first-order valence-corrected chi connectivity index (χ1v) is 11.0. The molecule has 0 saturated carbocycles. The van der Waals surface area contributed by atoms with Gasteiger partial charge >= 0.3 is 0 Å². The number of para-hydroxylation sites is 2. The molecule has 1 aliphatic rings. The Morgan fingerprint density at radius 3 is 2.62 bits per heavy atom. The van der Waals surface area contributed by atoms with Crippen LogP contribution in [-0.4, -0.2) is 27.8 Å². The Bertz CT molecular complexity index is 1300. The van der Waals surface area contributed by atoms with Crippen LogP contribution in [0.1, 0.15) is 18.5 Å². The summed E-state index contributed by atoms with van der Waals surface area (Å²) >= 11 is 1.57. The van der Waals surface area contributed by atoms with Gasteiger partial charge in [0.05, 0.1) is 17.6 Å². The minimum atomic E-state index is -0.507. The van der Waals surface area contributed by atoms with Gasteiger partial charge < -0.3 is 15.4 Å². The van der Waals surface area contributed by atoms with Crippen LogP contribution in [0.4, 0.5) is 11.6 Å². The molecule has 4 aromatic rings. The molecule has 8 heteroatoms. The van der Waals surface area contributed by atoms with Crippen LogP contribution in [0.25, 0.3) is 10.7 Å². The molecule has 160 valence electrons. The minimum Gasteiger partial charge on any atom is -0.496 e. The Morgan fingerprint density at radius 2 is 1.88 bits per heavy atom. The van der Waals surface area contributed by atoms with Gasteiger partial charge in [0, 0.05) is 16.9 Å². The van der Waals surface area contributed by atoms with E-state index in [9.17, 15) is 4.79 Å². The number of ether oxygens (including phenoxy) is 1. The summed E-state index contributed by atoms with van der Waals surface area (Å²) in [5.41, 5.74) is 2.82. The number of hydrogen-bond acceptors (Lipinski definition) is 6. The monoisotopic (exact) mass is 443 g/mol. The number of aromatic nitrogens is 3. The molecule has 0 saturated heterocycles. The fraction of sp³-hybridized carbons (Fsp3) is 0.125. The number of thiophene rings is 1. The number of hydrogen-bond donors (Lipinski definition) is 2. The number of amides is 1. The van der Waals surface area contributed by atoms with Gasteiger partial charge in [-0.25, -0.2) is 4.68 Å². The van der Waals surface area contributed by atoms with Crippen molar-refractivity contribution in [1.82, 2.24) is 14.8 Å². The molecule has 1 atom stereocenters. The van der Waals surface area contributed by atoms with Crippen LogP contribution in [0.3, 0.4) is 0 Å². The largest absolute Gasteiger partial charge is 0.496 e. The highest BCUT2D eigenvalue weighted by atomic mass is 32.1. The van der Waals surface area contributed by atoms with Gasteiger partial charge in [-0.2, -0.15) is 4.98 Å². The lowest BCUT2D eigenvalue weighted by Crippen LogP contribution is -2.31. The molecule has 2 N–H and O–H groups in total. The van der Waals surface area contributed by atoms with E-state index < -0.39 is 6.04 Å². The van der Waals surface area contributed by atoms with Crippen molar-refractivity contribution in [3.8, 4) is 16.5 Å². The minimum absolute atomic E-state index is 0.212. The second-order valence-corrected chi connectivity index (χ2v) is 8.26. The summed E-state index contributed by atoms with van der Waals surface area (Å²) in [4.78, 5) is 19.2. The topological polar surface area (TPSA) is 81.1 Å². The Labute approximate surface area is 189 Å². The van der Waals surface area contributed by atoms with E-state index in [-0.39, 0.29) is 5.91 Å². The number of anilines is 2. The van der Waals surface area contributed by atoms with Crippen molar-refractivity contribution in [3.63, 3.8) is 0 Å². The molecule has 3 heterocycles. The van der Waals surface area contributed by atoms with Gasteiger partial charge in [0.2, 0.25) is 5.95 Å².